The molecule has 0 saturated carbocycles. The minimum atomic E-state index is 0.214. The van der Waals surface area contributed by atoms with Gasteiger partial charge in [-0.1, -0.05) is 11.8 Å². The van der Waals surface area contributed by atoms with E-state index in [2.05, 4.69) is 19.9 Å². The molecule has 0 atom stereocenters. The van der Waals surface area contributed by atoms with Crippen molar-refractivity contribution in [2.45, 2.75) is 31.8 Å². The number of aryl methyl sites for hydroxylation is 2. The first-order valence-corrected chi connectivity index (χ1v) is 10.5. The minimum absolute atomic E-state index is 0.214. The van der Waals surface area contributed by atoms with E-state index in [0.717, 1.165) is 53.4 Å². The van der Waals surface area contributed by atoms with Crippen molar-refractivity contribution in [2.75, 3.05) is 37.3 Å². The molecule has 0 radical (unpaired) electrons. The van der Waals surface area contributed by atoms with Crippen LogP contribution >= 0.6 is 23.1 Å². The van der Waals surface area contributed by atoms with Gasteiger partial charge in [0.1, 0.15) is 0 Å². The van der Waals surface area contributed by atoms with Gasteiger partial charge in [0.15, 0.2) is 10.3 Å². The Hall–Kier alpha value is -1.67. The van der Waals surface area contributed by atoms with E-state index >= 15 is 0 Å². The van der Waals surface area contributed by atoms with Crippen LogP contribution in [0.1, 0.15) is 23.4 Å². The van der Waals surface area contributed by atoms with Crippen LogP contribution in [0.15, 0.2) is 16.7 Å². The van der Waals surface area contributed by atoms with Gasteiger partial charge in [-0.05, 0) is 32.1 Å². The zero-order chi connectivity index (χ0) is 17.8. The number of carbonyl (C=O) groups excluding carboxylic acids is 1. The third kappa shape index (κ3) is 4.30. The molecule has 6 nitrogen and oxygen atoms in total. The lowest BCUT2D eigenvalue weighted by atomic mass is 10.1. The molecule has 1 aliphatic rings. The van der Waals surface area contributed by atoms with E-state index < -0.39 is 0 Å². The summed E-state index contributed by atoms with van der Waals surface area (Å²) in [5, 5.41) is 3.83. The molecule has 0 aliphatic carbocycles. The number of carbonyl (C=O) groups is 1. The zero-order valence-electron chi connectivity index (χ0n) is 14.9. The van der Waals surface area contributed by atoms with Gasteiger partial charge in [-0.2, -0.15) is 0 Å². The molecule has 3 heterocycles. The standard InChI is InChI=1S/C17H23N5OS2/c1-12-14(13(2)20-16(19-12)24-3)4-5-15(23)21-7-9-22(10-8-21)17-18-6-11-25-17/h6,11H,4-5,7-10H2,1-3H3. The number of thiazole rings is 1. The van der Waals surface area contributed by atoms with Gasteiger partial charge in [-0.3, -0.25) is 4.79 Å². The largest absolute Gasteiger partial charge is 0.345 e. The van der Waals surface area contributed by atoms with Gasteiger partial charge in [0, 0.05) is 55.6 Å². The summed E-state index contributed by atoms with van der Waals surface area (Å²) in [4.78, 5) is 30.1. The molecule has 2 aromatic rings. The highest BCUT2D eigenvalue weighted by Gasteiger charge is 2.22. The Kier molecular flexibility index (Phi) is 5.90. The lowest BCUT2D eigenvalue weighted by Gasteiger charge is -2.34. The van der Waals surface area contributed by atoms with E-state index in [4.69, 9.17) is 0 Å². The molecule has 134 valence electrons. The fourth-order valence-corrected chi connectivity index (χ4v) is 4.22. The van der Waals surface area contributed by atoms with E-state index in [1.54, 1.807) is 23.1 Å². The summed E-state index contributed by atoms with van der Waals surface area (Å²) in [6.45, 7) is 7.23. The molecule has 2 aromatic heterocycles. The van der Waals surface area contributed by atoms with Crippen LogP contribution in [0.5, 0.6) is 0 Å². The Balaban J connectivity index is 1.54. The summed E-state index contributed by atoms with van der Waals surface area (Å²) < 4.78 is 0. The van der Waals surface area contributed by atoms with Crippen molar-refractivity contribution in [3.63, 3.8) is 0 Å². The Bertz CT molecular complexity index is 704. The summed E-state index contributed by atoms with van der Waals surface area (Å²) in [5.74, 6) is 0.214. The topological polar surface area (TPSA) is 62.2 Å². The SMILES string of the molecule is CSc1nc(C)c(CCC(=O)N2CCN(c3nccs3)CC2)c(C)n1. The van der Waals surface area contributed by atoms with Crippen molar-refractivity contribution in [1.29, 1.82) is 0 Å². The Morgan fingerprint density at radius 1 is 1.20 bits per heavy atom. The normalized spacial score (nSPS) is 14.8. The van der Waals surface area contributed by atoms with Gasteiger partial charge < -0.3 is 9.80 Å². The maximum absolute atomic E-state index is 12.6. The fourth-order valence-electron chi connectivity index (χ4n) is 3.07. The molecule has 0 N–H and O–H groups in total. The number of hydrogen-bond donors (Lipinski definition) is 0. The van der Waals surface area contributed by atoms with Crippen LogP contribution < -0.4 is 4.90 Å². The van der Waals surface area contributed by atoms with E-state index in [-0.39, 0.29) is 5.91 Å². The maximum Gasteiger partial charge on any atom is 0.223 e. The highest BCUT2D eigenvalue weighted by Crippen LogP contribution is 2.20. The number of rotatable bonds is 5. The van der Waals surface area contributed by atoms with Crippen molar-refractivity contribution in [1.82, 2.24) is 19.9 Å². The third-order valence-electron chi connectivity index (χ3n) is 4.49. The van der Waals surface area contributed by atoms with Gasteiger partial charge in [0.2, 0.25) is 5.91 Å². The second-order valence-corrected chi connectivity index (χ2v) is 7.69. The quantitative estimate of drug-likeness (QED) is 0.589. The summed E-state index contributed by atoms with van der Waals surface area (Å²) in [5.41, 5.74) is 3.07. The molecule has 1 aliphatic heterocycles. The molecular weight excluding hydrogens is 354 g/mol. The summed E-state index contributed by atoms with van der Waals surface area (Å²) >= 11 is 3.19. The molecule has 1 saturated heterocycles. The number of amides is 1. The van der Waals surface area contributed by atoms with E-state index in [9.17, 15) is 4.79 Å². The maximum atomic E-state index is 12.6. The van der Waals surface area contributed by atoms with Gasteiger partial charge in [-0.15, -0.1) is 11.3 Å². The van der Waals surface area contributed by atoms with E-state index in [1.807, 2.05) is 36.6 Å². The Morgan fingerprint density at radius 2 is 1.88 bits per heavy atom. The number of nitrogens with zero attached hydrogens (tertiary/aromatic N) is 5. The smallest absolute Gasteiger partial charge is 0.223 e. The van der Waals surface area contributed by atoms with Crippen LogP contribution in [0.25, 0.3) is 0 Å². The molecule has 8 heteroatoms. The molecule has 1 amide bonds. The van der Waals surface area contributed by atoms with Crippen LogP contribution in [0.3, 0.4) is 0 Å². The number of anilines is 1. The van der Waals surface area contributed by atoms with Gasteiger partial charge in [0.05, 0.1) is 0 Å². The predicted molar refractivity (Wildman–Crippen MR) is 103 cm³/mol. The molecular formula is C17H23N5OS2. The molecule has 1 fully saturated rings. The third-order valence-corrected chi connectivity index (χ3v) is 5.87. The monoisotopic (exact) mass is 377 g/mol. The number of aromatic nitrogens is 3. The highest BCUT2D eigenvalue weighted by atomic mass is 32.2. The van der Waals surface area contributed by atoms with Crippen molar-refractivity contribution in [2.24, 2.45) is 0 Å². The molecule has 0 bridgehead atoms. The lowest BCUT2D eigenvalue weighted by Crippen LogP contribution is -2.48. The van der Waals surface area contributed by atoms with Gasteiger partial charge in [-0.25, -0.2) is 15.0 Å². The average molecular weight is 378 g/mol. The van der Waals surface area contributed by atoms with Crippen LogP contribution in [0, 0.1) is 13.8 Å². The van der Waals surface area contributed by atoms with Crippen molar-refractivity contribution in [3.8, 4) is 0 Å². The van der Waals surface area contributed by atoms with E-state index in [0.29, 0.717) is 12.8 Å². The van der Waals surface area contributed by atoms with Gasteiger partial charge >= 0.3 is 0 Å². The molecule has 25 heavy (non-hydrogen) atoms. The van der Waals surface area contributed by atoms with Crippen molar-refractivity contribution in [3.05, 3.63) is 28.5 Å². The predicted octanol–water partition coefficient (Wildman–Crippen LogP) is 2.55. The van der Waals surface area contributed by atoms with Crippen LogP contribution in [-0.4, -0.2) is 58.2 Å². The van der Waals surface area contributed by atoms with Gasteiger partial charge in [0.25, 0.3) is 0 Å². The number of thioether (sulfide) groups is 1. The molecule has 0 aromatic carbocycles. The van der Waals surface area contributed by atoms with E-state index in [1.165, 1.54) is 0 Å². The zero-order valence-corrected chi connectivity index (χ0v) is 16.5. The second kappa shape index (κ2) is 8.14. The molecule has 3 rings (SSSR count). The summed E-state index contributed by atoms with van der Waals surface area (Å²) in [6.07, 6.45) is 5.02. The fraction of sp³-hybridized carbons (Fsp3) is 0.529. The van der Waals surface area contributed by atoms with Crippen molar-refractivity contribution >= 4 is 34.1 Å². The van der Waals surface area contributed by atoms with Crippen LogP contribution in [0.4, 0.5) is 5.13 Å². The second-order valence-electron chi connectivity index (χ2n) is 6.04. The first kappa shape index (κ1) is 18.1. The molecule has 0 unspecified atom stereocenters. The van der Waals surface area contributed by atoms with Crippen molar-refractivity contribution < 1.29 is 4.79 Å². The Morgan fingerprint density at radius 3 is 2.44 bits per heavy atom. The first-order chi connectivity index (χ1) is 12.1. The summed E-state index contributed by atoms with van der Waals surface area (Å²) in [6, 6.07) is 0. The molecule has 0 spiro atoms. The highest BCUT2D eigenvalue weighted by molar-refractivity contribution is 7.98. The van der Waals surface area contributed by atoms with Crippen LogP contribution in [-0.2, 0) is 11.2 Å². The van der Waals surface area contributed by atoms with Crippen LogP contribution in [0.2, 0.25) is 0 Å². The number of piperazine rings is 1. The average Bonchev–Trinajstić information content (AvgIpc) is 3.15. The lowest BCUT2D eigenvalue weighted by molar-refractivity contribution is -0.131. The number of hydrogen-bond acceptors (Lipinski definition) is 7. The minimum Gasteiger partial charge on any atom is -0.345 e. The summed E-state index contributed by atoms with van der Waals surface area (Å²) in [7, 11) is 0. The first-order valence-electron chi connectivity index (χ1n) is 8.39. The Labute approximate surface area is 156 Å².